The lowest BCUT2D eigenvalue weighted by molar-refractivity contribution is -0.120. The Morgan fingerprint density at radius 3 is 2.26 bits per heavy atom. The van der Waals surface area contributed by atoms with Gasteiger partial charge in [-0.25, -0.2) is 0 Å². The van der Waals surface area contributed by atoms with Gasteiger partial charge in [-0.1, -0.05) is 42.7 Å². The predicted octanol–water partition coefficient (Wildman–Crippen LogP) is 3.10. The fourth-order valence-electron chi connectivity index (χ4n) is 2.17. The molecule has 1 aromatic rings. The minimum Gasteiger partial charge on any atom is -0.369 e. The molecule has 0 radical (unpaired) electrons. The van der Waals surface area contributed by atoms with Gasteiger partial charge in [0, 0.05) is 6.42 Å². The second-order valence-electron chi connectivity index (χ2n) is 5.17. The Bertz CT molecular complexity index is 423. The van der Waals surface area contributed by atoms with Crippen LogP contribution in [0, 0.1) is 6.92 Å². The van der Waals surface area contributed by atoms with Crippen LogP contribution < -0.4 is 5.73 Å². The molecule has 1 unspecified atom stereocenters. The van der Waals surface area contributed by atoms with Crippen molar-refractivity contribution in [2.75, 3.05) is 0 Å². The lowest BCUT2D eigenvalue weighted by Crippen LogP contribution is -2.21. The highest BCUT2D eigenvalue weighted by atomic mass is 16.1. The van der Waals surface area contributed by atoms with Crippen LogP contribution in [0.1, 0.15) is 56.1 Å². The number of carbonyl (C=O) groups excluding carboxylic acids is 2. The zero-order chi connectivity index (χ0) is 14.3. The average molecular weight is 261 g/mol. The fraction of sp³-hybridized carbons (Fsp3) is 0.500. The number of carbonyl (C=O) groups is 2. The molecule has 1 aromatic carbocycles. The molecule has 1 amide bonds. The van der Waals surface area contributed by atoms with Crippen molar-refractivity contribution < 1.29 is 9.59 Å². The molecule has 0 saturated heterocycles. The molecule has 0 heterocycles. The van der Waals surface area contributed by atoms with E-state index in [-0.39, 0.29) is 17.6 Å². The van der Waals surface area contributed by atoms with E-state index in [0.29, 0.717) is 6.42 Å². The molecule has 3 nitrogen and oxygen atoms in total. The molecule has 0 aromatic heterocycles. The topological polar surface area (TPSA) is 60.2 Å². The van der Waals surface area contributed by atoms with Gasteiger partial charge >= 0.3 is 0 Å². The van der Waals surface area contributed by atoms with Crippen molar-refractivity contribution in [3.8, 4) is 0 Å². The standard InChI is InChI=1S/C16H23NO2/c1-12-8-10-14(11-9-12)15(16(17)19)7-5-3-4-6-13(2)18/h8-11,15H,3-7H2,1-2H3,(H2,17,19). The highest BCUT2D eigenvalue weighted by Gasteiger charge is 2.16. The number of primary amides is 1. The third-order valence-electron chi connectivity index (χ3n) is 3.34. The highest BCUT2D eigenvalue weighted by Crippen LogP contribution is 2.22. The van der Waals surface area contributed by atoms with Crippen LogP contribution in [0.4, 0.5) is 0 Å². The van der Waals surface area contributed by atoms with E-state index < -0.39 is 0 Å². The molecule has 0 aliphatic carbocycles. The van der Waals surface area contributed by atoms with E-state index in [0.717, 1.165) is 31.2 Å². The summed E-state index contributed by atoms with van der Waals surface area (Å²) in [5.74, 6) is -0.252. The number of unbranched alkanes of at least 4 members (excludes halogenated alkanes) is 2. The van der Waals surface area contributed by atoms with Crippen LogP contribution in [0.25, 0.3) is 0 Å². The lowest BCUT2D eigenvalue weighted by atomic mass is 9.92. The number of hydrogen-bond acceptors (Lipinski definition) is 2. The molecule has 0 spiro atoms. The van der Waals surface area contributed by atoms with Crippen LogP contribution in [-0.4, -0.2) is 11.7 Å². The van der Waals surface area contributed by atoms with Crippen LogP contribution in [0.15, 0.2) is 24.3 Å². The van der Waals surface area contributed by atoms with E-state index >= 15 is 0 Å². The first-order chi connectivity index (χ1) is 9.00. The third-order valence-corrected chi connectivity index (χ3v) is 3.34. The summed E-state index contributed by atoms with van der Waals surface area (Å²) in [7, 11) is 0. The van der Waals surface area contributed by atoms with Crippen molar-refractivity contribution in [3.05, 3.63) is 35.4 Å². The van der Waals surface area contributed by atoms with E-state index in [1.54, 1.807) is 6.92 Å². The molecule has 0 aliphatic rings. The number of benzene rings is 1. The Labute approximate surface area is 115 Å². The van der Waals surface area contributed by atoms with Crippen LogP contribution >= 0.6 is 0 Å². The Balaban J connectivity index is 2.47. The lowest BCUT2D eigenvalue weighted by Gasteiger charge is -2.13. The minimum absolute atomic E-state index is 0.210. The van der Waals surface area contributed by atoms with Gasteiger partial charge in [-0.15, -0.1) is 0 Å². The Morgan fingerprint density at radius 1 is 1.11 bits per heavy atom. The average Bonchev–Trinajstić information content (AvgIpc) is 2.34. The van der Waals surface area contributed by atoms with Gasteiger partial charge in [-0.05, 0) is 32.3 Å². The minimum atomic E-state index is -0.268. The van der Waals surface area contributed by atoms with Gasteiger partial charge in [-0.2, -0.15) is 0 Å². The smallest absolute Gasteiger partial charge is 0.224 e. The van der Waals surface area contributed by atoms with Crippen molar-refractivity contribution in [3.63, 3.8) is 0 Å². The zero-order valence-electron chi connectivity index (χ0n) is 11.8. The number of ketones is 1. The van der Waals surface area contributed by atoms with Crippen LogP contribution in [0.5, 0.6) is 0 Å². The second kappa shape index (κ2) is 7.72. The predicted molar refractivity (Wildman–Crippen MR) is 76.9 cm³/mol. The molecule has 3 heteroatoms. The molecule has 0 saturated carbocycles. The monoisotopic (exact) mass is 261 g/mol. The second-order valence-corrected chi connectivity index (χ2v) is 5.17. The normalized spacial score (nSPS) is 12.1. The molecule has 0 bridgehead atoms. The molecule has 0 fully saturated rings. The summed E-state index contributed by atoms with van der Waals surface area (Å²) in [6, 6.07) is 7.95. The maximum absolute atomic E-state index is 11.5. The van der Waals surface area contributed by atoms with Gasteiger partial charge in [0.1, 0.15) is 5.78 Å². The molecule has 1 atom stereocenters. The summed E-state index contributed by atoms with van der Waals surface area (Å²) in [5.41, 5.74) is 7.64. The zero-order valence-corrected chi connectivity index (χ0v) is 11.8. The van der Waals surface area contributed by atoms with Gasteiger partial charge in [0.25, 0.3) is 0 Å². The number of rotatable bonds is 8. The van der Waals surface area contributed by atoms with Crippen molar-refractivity contribution in [1.29, 1.82) is 0 Å². The molecule has 1 rings (SSSR count). The van der Waals surface area contributed by atoms with Gasteiger partial charge in [0.05, 0.1) is 5.92 Å². The first kappa shape index (κ1) is 15.4. The first-order valence-electron chi connectivity index (χ1n) is 6.86. The Morgan fingerprint density at radius 2 is 1.74 bits per heavy atom. The number of aryl methyl sites for hydroxylation is 1. The van der Waals surface area contributed by atoms with Crippen molar-refractivity contribution >= 4 is 11.7 Å². The third kappa shape index (κ3) is 5.69. The molecular weight excluding hydrogens is 238 g/mol. The van der Waals surface area contributed by atoms with Gasteiger partial charge < -0.3 is 10.5 Å². The summed E-state index contributed by atoms with van der Waals surface area (Å²) in [4.78, 5) is 22.4. The quantitative estimate of drug-likeness (QED) is 0.731. The maximum Gasteiger partial charge on any atom is 0.224 e. The SMILES string of the molecule is CC(=O)CCCCCC(C(N)=O)c1ccc(C)cc1. The fourth-order valence-corrected chi connectivity index (χ4v) is 2.17. The summed E-state index contributed by atoms with van der Waals surface area (Å²) in [5, 5.41) is 0. The van der Waals surface area contributed by atoms with E-state index in [1.807, 2.05) is 31.2 Å². The van der Waals surface area contributed by atoms with E-state index in [9.17, 15) is 9.59 Å². The van der Waals surface area contributed by atoms with Gasteiger partial charge in [0.15, 0.2) is 0 Å². The van der Waals surface area contributed by atoms with Crippen molar-refractivity contribution in [2.24, 2.45) is 5.73 Å². The van der Waals surface area contributed by atoms with Crippen molar-refractivity contribution in [1.82, 2.24) is 0 Å². The van der Waals surface area contributed by atoms with Crippen LogP contribution in [0.2, 0.25) is 0 Å². The van der Waals surface area contributed by atoms with Crippen molar-refractivity contribution in [2.45, 2.75) is 51.9 Å². The van der Waals surface area contributed by atoms with Crippen LogP contribution in [-0.2, 0) is 9.59 Å². The first-order valence-corrected chi connectivity index (χ1v) is 6.86. The summed E-state index contributed by atoms with van der Waals surface area (Å²) >= 11 is 0. The number of amides is 1. The maximum atomic E-state index is 11.5. The number of nitrogens with two attached hydrogens (primary N) is 1. The molecule has 2 N–H and O–H groups in total. The number of hydrogen-bond donors (Lipinski definition) is 1. The summed E-state index contributed by atoms with van der Waals surface area (Å²) in [6.45, 7) is 3.63. The Kier molecular flexibility index (Phi) is 6.26. The van der Waals surface area contributed by atoms with E-state index in [2.05, 4.69) is 0 Å². The Hall–Kier alpha value is -1.64. The molecule has 19 heavy (non-hydrogen) atoms. The van der Waals surface area contributed by atoms with Gasteiger partial charge in [-0.3, -0.25) is 4.79 Å². The van der Waals surface area contributed by atoms with Gasteiger partial charge in [0.2, 0.25) is 5.91 Å². The number of Topliss-reactive ketones (excluding diaryl/α,β-unsaturated/α-hetero) is 1. The summed E-state index contributed by atoms with van der Waals surface area (Å²) < 4.78 is 0. The molecule has 104 valence electrons. The van der Waals surface area contributed by atoms with E-state index in [4.69, 9.17) is 5.73 Å². The molecular formula is C16H23NO2. The van der Waals surface area contributed by atoms with E-state index in [1.165, 1.54) is 5.56 Å². The largest absolute Gasteiger partial charge is 0.369 e. The summed E-state index contributed by atoms with van der Waals surface area (Å²) in [6.07, 6.45) is 4.18. The molecule has 0 aliphatic heterocycles. The highest BCUT2D eigenvalue weighted by molar-refractivity contribution is 5.81. The van der Waals surface area contributed by atoms with Crippen LogP contribution in [0.3, 0.4) is 0 Å².